The van der Waals surface area contributed by atoms with Crippen LogP contribution in [0.2, 0.25) is 0 Å². The third-order valence-electron chi connectivity index (χ3n) is 3.83. The van der Waals surface area contributed by atoms with Crippen LogP contribution in [-0.4, -0.2) is 11.7 Å². The number of hydrogen-bond donors (Lipinski definition) is 1. The van der Waals surface area contributed by atoms with Gasteiger partial charge in [0.2, 0.25) is 0 Å². The first kappa shape index (κ1) is 16.5. The molecule has 26 heavy (non-hydrogen) atoms. The Morgan fingerprint density at radius 1 is 0.846 bits per heavy atom. The molecule has 0 saturated heterocycles. The molecule has 2 heterocycles. The summed E-state index contributed by atoms with van der Waals surface area (Å²) < 4.78 is 38.4. The van der Waals surface area contributed by atoms with Gasteiger partial charge in [-0.05, 0) is 35.7 Å². The normalized spacial score (nSPS) is 14.0. The Hall–Kier alpha value is -2.93. The summed E-state index contributed by atoms with van der Waals surface area (Å²) in [5.74, 6) is 0.975. The van der Waals surface area contributed by atoms with Crippen LogP contribution in [0.4, 0.5) is 24.5 Å². The highest BCUT2D eigenvalue weighted by molar-refractivity contribution is 7.12. The number of nitrogens with zero attached hydrogens (tertiary/aromatic N) is 2. The third kappa shape index (κ3) is 3.25. The van der Waals surface area contributed by atoms with Gasteiger partial charge in [0.25, 0.3) is 0 Å². The smallest absolute Gasteiger partial charge is 0.337 e. The molecule has 2 aromatic carbocycles. The molecule has 0 amide bonds. The lowest BCUT2D eigenvalue weighted by molar-refractivity contribution is -0.137. The molecule has 0 saturated carbocycles. The molecule has 3 nitrogen and oxygen atoms in total. The van der Waals surface area contributed by atoms with Gasteiger partial charge in [0, 0.05) is 5.56 Å². The molecule has 0 radical (unpaired) electrons. The van der Waals surface area contributed by atoms with Gasteiger partial charge < -0.3 is 5.32 Å². The molecule has 130 valence electrons. The van der Waals surface area contributed by atoms with Crippen LogP contribution >= 0.6 is 11.3 Å². The van der Waals surface area contributed by atoms with E-state index >= 15 is 0 Å². The van der Waals surface area contributed by atoms with Crippen molar-refractivity contribution in [2.75, 3.05) is 5.32 Å². The molecule has 0 fully saturated rings. The molecule has 3 aromatic rings. The third-order valence-corrected chi connectivity index (χ3v) is 4.70. The number of fused-ring (bicyclic) bond motifs is 1. The lowest BCUT2D eigenvalue weighted by atomic mass is 10.1. The summed E-state index contributed by atoms with van der Waals surface area (Å²) >= 11 is 1.52. The van der Waals surface area contributed by atoms with Gasteiger partial charge in [-0.25, -0.2) is 9.98 Å². The number of thiophene rings is 1. The highest BCUT2D eigenvalue weighted by atomic mass is 32.1. The molecule has 1 aliphatic heterocycles. The maximum absolute atomic E-state index is 12.8. The van der Waals surface area contributed by atoms with Crippen LogP contribution < -0.4 is 5.32 Å². The van der Waals surface area contributed by atoms with E-state index in [2.05, 4.69) is 15.3 Å². The number of aliphatic imine (C=N–C) groups is 2. The topological polar surface area (TPSA) is 36.8 Å². The number of nitrogens with one attached hydrogen (secondary N) is 1. The van der Waals surface area contributed by atoms with E-state index in [0.29, 0.717) is 22.9 Å². The van der Waals surface area contributed by atoms with Gasteiger partial charge in [-0.3, -0.25) is 0 Å². The van der Waals surface area contributed by atoms with E-state index in [1.807, 2.05) is 41.8 Å². The zero-order chi connectivity index (χ0) is 18.1. The summed E-state index contributed by atoms with van der Waals surface area (Å²) in [5, 5.41) is 5.20. The fourth-order valence-electron chi connectivity index (χ4n) is 2.54. The second-order valence-electron chi connectivity index (χ2n) is 5.59. The largest absolute Gasteiger partial charge is 0.416 e. The molecule has 1 N–H and O–H groups in total. The Morgan fingerprint density at radius 3 is 2.31 bits per heavy atom. The van der Waals surface area contributed by atoms with Crippen molar-refractivity contribution in [2.45, 2.75) is 6.18 Å². The van der Waals surface area contributed by atoms with Crippen molar-refractivity contribution >= 4 is 34.4 Å². The maximum atomic E-state index is 12.8. The second-order valence-corrected chi connectivity index (χ2v) is 6.54. The van der Waals surface area contributed by atoms with E-state index in [4.69, 9.17) is 0 Å². The number of para-hydroxylation sites is 2. The quantitative estimate of drug-likeness (QED) is 0.615. The van der Waals surface area contributed by atoms with E-state index in [1.165, 1.54) is 23.5 Å². The zero-order valence-corrected chi connectivity index (χ0v) is 14.1. The number of rotatable bonds is 2. The molecule has 0 spiro atoms. The first-order valence-corrected chi connectivity index (χ1v) is 8.63. The summed E-state index contributed by atoms with van der Waals surface area (Å²) in [6.07, 6.45) is -4.37. The molecule has 0 bridgehead atoms. The predicted octanol–water partition coefficient (Wildman–Crippen LogP) is 5.72. The minimum absolute atomic E-state index is 0.361. The van der Waals surface area contributed by atoms with Gasteiger partial charge >= 0.3 is 6.18 Å². The average Bonchev–Trinajstić information content (AvgIpc) is 3.09. The van der Waals surface area contributed by atoms with E-state index in [-0.39, 0.29) is 0 Å². The molecule has 0 unspecified atom stereocenters. The van der Waals surface area contributed by atoms with Crippen LogP contribution in [0.25, 0.3) is 0 Å². The molecule has 4 rings (SSSR count). The zero-order valence-electron chi connectivity index (χ0n) is 13.3. The standard InChI is InChI=1S/C19H12F3N3S/c20-19(21,22)13-9-7-12(8-10-13)17-23-14-4-1-2-5-15(14)24-18(25-17)16-6-3-11-26-16/h1-11H,(H,23,24,25). The molecular weight excluding hydrogens is 359 g/mol. The van der Waals surface area contributed by atoms with Gasteiger partial charge in [0.05, 0.1) is 21.8 Å². The van der Waals surface area contributed by atoms with Crippen molar-refractivity contribution in [3.05, 3.63) is 82.0 Å². The van der Waals surface area contributed by atoms with Crippen molar-refractivity contribution < 1.29 is 13.2 Å². The highest BCUT2D eigenvalue weighted by Gasteiger charge is 2.30. The minimum atomic E-state index is -4.37. The number of benzene rings is 2. The van der Waals surface area contributed by atoms with Gasteiger partial charge in [-0.15, -0.1) is 11.3 Å². The monoisotopic (exact) mass is 371 g/mol. The van der Waals surface area contributed by atoms with Crippen molar-refractivity contribution in [1.82, 2.24) is 0 Å². The van der Waals surface area contributed by atoms with Crippen LogP contribution in [0, 0.1) is 0 Å². The number of hydrogen-bond acceptors (Lipinski definition) is 4. The molecule has 1 aromatic heterocycles. The number of halogens is 3. The average molecular weight is 371 g/mol. The summed E-state index contributed by atoms with van der Waals surface area (Å²) in [5.41, 5.74) is 1.29. The van der Waals surface area contributed by atoms with Crippen LogP contribution in [0.3, 0.4) is 0 Å². The Kier molecular flexibility index (Phi) is 4.08. The van der Waals surface area contributed by atoms with Crippen molar-refractivity contribution in [3.8, 4) is 0 Å². The van der Waals surface area contributed by atoms with E-state index in [9.17, 15) is 13.2 Å². The van der Waals surface area contributed by atoms with Crippen molar-refractivity contribution in [3.63, 3.8) is 0 Å². The first-order valence-electron chi connectivity index (χ1n) is 7.76. The Labute approximate surface area is 151 Å². The van der Waals surface area contributed by atoms with Gasteiger partial charge in [0.15, 0.2) is 5.84 Å². The fraction of sp³-hybridized carbons (Fsp3) is 0.0526. The lowest BCUT2D eigenvalue weighted by Gasteiger charge is -2.08. The summed E-state index contributed by atoms with van der Waals surface area (Å²) in [7, 11) is 0. The lowest BCUT2D eigenvalue weighted by Crippen LogP contribution is -2.13. The van der Waals surface area contributed by atoms with Crippen molar-refractivity contribution in [1.29, 1.82) is 0 Å². The van der Waals surface area contributed by atoms with E-state index in [1.54, 1.807) is 0 Å². The summed E-state index contributed by atoms with van der Waals surface area (Å²) in [6.45, 7) is 0. The Bertz CT molecular complexity index is 988. The van der Waals surface area contributed by atoms with Crippen LogP contribution in [0.5, 0.6) is 0 Å². The Morgan fingerprint density at radius 2 is 1.62 bits per heavy atom. The van der Waals surface area contributed by atoms with Crippen molar-refractivity contribution in [2.24, 2.45) is 9.98 Å². The second kappa shape index (κ2) is 6.42. The number of amidine groups is 2. The van der Waals surface area contributed by atoms with Gasteiger partial charge in [-0.2, -0.15) is 13.2 Å². The fourth-order valence-corrected chi connectivity index (χ4v) is 3.21. The Balaban J connectivity index is 1.82. The summed E-state index contributed by atoms with van der Waals surface area (Å²) in [4.78, 5) is 10.0. The summed E-state index contributed by atoms with van der Waals surface area (Å²) in [6, 6.07) is 16.2. The van der Waals surface area contributed by atoms with Gasteiger partial charge in [-0.1, -0.05) is 30.3 Å². The first-order chi connectivity index (χ1) is 12.5. The number of alkyl halides is 3. The molecule has 7 heteroatoms. The SMILES string of the molecule is FC(F)(F)c1ccc(C2=Nc3ccccc3NC(c3cccs3)=N2)cc1. The number of anilines is 1. The molecule has 1 aliphatic rings. The van der Waals surface area contributed by atoms with Crippen LogP contribution in [-0.2, 0) is 6.18 Å². The van der Waals surface area contributed by atoms with Crippen LogP contribution in [0.1, 0.15) is 16.0 Å². The van der Waals surface area contributed by atoms with E-state index in [0.717, 1.165) is 22.7 Å². The molecule has 0 atom stereocenters. The van der Waals surface area contributed by atoms with E-state index < -0.39 is 11.7 Å². The highest BCUT2D eigenvalue weighted by Crippen LogP contribution is 2.31. The van der Waals surface area contributed by atoms with Gasteiger partial charge in [0.1, 0.15) is 5.84 Å². The predicted molar refractivity (Wildman–Crippen MR) is 98.6 cm³/mol. The molecular formula is C19H12F3N3S. The minimum Gasteiger partial charge on any atom is -0.337 e. The maximum Gasteiger partial charge on any atom is 0.416 e. The molecule has 0 aliphatic carbocycles. The van der Waals surface area contributed by atoms with Crippen LogP contribution in [0.15, 0.2) is 76.0 Å².